The van der Waals surface area contributed by atoms with Crippen molar-refractivity contribution in [2.75, 3.05) is 12.3 Å². The fraction of sp³-hybridized carbons (Fsp3) is 0.714. The number of nitrogens with one attached hydrogen (secondary N) is 3. The molecule has 1 atom stereocenters. The second-order valence-corrected chi connectivity index (χ2v) is 9.69. The number of aromatic nitrogens is 1. The quantitative estimate of drug-likeness (QED) is 0.713. The summed E-state index contributed by atoms with van der Waals surface area (Å²) in [5.74, 6) is 1.12. The summed E-state index contributed by atoms with van der Waals surface area (Å²) in [6.07, 6.45) is 6.28. The fourth-order valence-electron chi connectivity index (χ4n) is 2.53. The Morgan fingerprint density at radius 3 is 2.95 bits per heavy atom. The Kier molecular flexibility index (Phi) is 4.36. The second-order valence-electron chi connectivity index (χ2n) is 6.24. The standard InChI is InChI=1S/C14H23N3O2S2/c1-14(5-2-6-20-14)10-17-21(18,19)13-7-12(16-9-13)8-15-11-3-4-11/h7,9,11,15-17H,2-6,8,10H2,1H3. The topological polar surface area (TPSA) is 74.0 Å². The highest BCUT2D eigenvalue weighted by atomic mass is 32.2. The highest BCUT2D eigenvalue weighted by molar-refractivity contribution is 8.01. The summed E-state index contributed by atoms with van der Waals surface area (Å²) in [7, 11) is -3.41. The van der Waals surface area contributed by atoms with Crippen molar-refractivity contribution in [3.63, 3.8) is 0 Å². The van der Waals surface area contributed by atoms with Crippen LogP contribution in [0.15, 0.2) is 17.2 Å². The molecule has 3 N–H and O–H groups in total. The molecule has 1 saturated heterocycles. The van der Waals surface area contributed by atoms with Gasteiger partial charge in [0.2, 0.25) is 10.0 Å². The second kappa shape index (κ2) is 5.95. The van der Waals surface area contributed by atoms with Crippen LogP contribution < -0.4 is 10.0 Å². The molecular formula is C14H23N3O2S2. The van der Waals surface area contributed by atoms with E-state index in [1.165, 1.54) is 19.3 Å². The van der Waals surface area contributed by atoms with Gasteiger partial charge < -0.3 is 10.3 Å². The summed E-state index contributed by atoms with van der Waals surface area (Å²) in [4.78, 5) is 3.38. The molecule has 1 unspecified atom stereocenters. The van der Waals surface area contributed by atoms with Crippen LogP contribution in [-0.2, 0) is 16.6 Å². The molecule has 21 heavy (non-hydrogen) atoms. The van der Waals surface area contributed by atoms with Crippen molar-refractivity contribution in [3.05, 3.63) is 18.0 Å². The lowest BCUT2D eigenvalue weighted by Crippen LogP contribution is -2.36. The van der Waals surface area contributed by atoms with Crippen LogP contribution in [-0.4, -0.2) is 36.5 Å². The van der Waals surface area contributed by atoms with E-state index >= 15 is 0 Å². The third-order valence-electron chi connectivity index (χ3n) is 4.12. The molecule has 1 saturated carbocycles. The van der Waals surface area contributed by atoms with Gasteiger partial charge in [0.15, 0.2) is 0 Å². The number of thioether (sulfide) groups is 1. The average Bonchev–Trinajstić information content (AvgIpc) is 2.97. The number of hydrogen-bond donors (Lipinski definition) is 3. The minimum Gasteiger partial charge on any atom is -0.363 e. The third-order valence-corrected chi connectivity index (χ3v) is 7.04. The molecule has 2 aliphatic rings. The molecule has 2 fully saturated rings. The van der Waals surface area contributed by atoms with Crippen LogP contribution in [0, 0.1) is 0 Å². The summed E-state index contributed by atoms with van der Waals surface area (Å²) < 4.78 is 27.5. The van der Waals surface area contributed by atoms with Gasteiger partial charge in [-0.2, -0.15) is 11.8 Å². The Bertz CT molecular complexity index is 587. The summed E-state index contributed by atoms with van der Waals surface area (Å²) >= 11 is 1.86. The van der Waals surface area contributed by atoms with E-state index in [-0.39, 0.29) is 4.75 Å². The number of H-pyrrole nitrogens is 1. The molecule has 1 aromatic rings. The highest BCUT2D eigenvalue weighted by Gasteiger charge is 2.31. The zero-order valence-electron chi connectivity index (χ0n) is 12.3. The largest absolute Gasteiger partial charge is 0.363 e. The zero-order valence-corrected chi connectivity index (χ0v) is 13.9. The first-order valence-electron chi connectivity index (χ1n) is 7.51. The molecule has 0 spiro atoms. The summed E-state index contributed by atoms with van der Waals surface area (Å²) in [6, 6.07) is 2.34. The van der Waals surface area contributed by atoms with Gasteiger partial charge in [0, 0.05) is 35.8 Å². The summed E-state index contributed by atoms with van der Waals surface area (Å²) in [5.41, 5.74) is 0.920. The molecule has 1 aliphatic carbocycles. The maximum Gasteiger partial charge on any atom is 0.242 e. The van der Waals surface area contributed by atoms with Crippen molar-refractivity contribution in [2.45, 2.75) is 54.8 Å². The fourth-order valence-corrected chi connectivity index (χ4v) is 5.05. The number of sulfonamides is 1. The monoisotopic (exact) mass is 329 g/mol. The van der Waals surface area contributed by atoms with Crippen molar-refractivity contribution < 1.29 is 8.42 Å². The van der Waals surface area contributed by atoms with Gasteiger partial charge in [-0.3, -0.25) is 0 Å². The zero-order chi connectivity index (χ0) is 14.9. The Hall–Kier alpha value is -0.500. The van der Waals surface area contributed by atoms with Gasteiger partial charge in [-0.1, -0.05) is 0 Å². The lowest BCUT2D eigenvalue weighted by Gasteiger charge is -2.22. The van der Waals surface area contributed by atoms with E-state index < -0.39 is 10.0 Å². The van der Waals surface area contributed by atoms with Crippen LogP contribution in [0.3, 0.4) is 0 Å². The van der Waals surface area contributed by atoms with E-state index in [2.05, 4.69) is 21.9 Å². The highest BCUT2D eigenvalue weighted by Crippen LogP contribution is 2.37. The molecule has 0 bridgehead atoms. The summed E-state index contributed by atoms with van der Waals surface area (Å²) in [5, 5.41) is 3.37. The van der Waals surface area contributed by atoms with Gasteiger partial charge in [0.05, 0.1) is 4.90 Å². The molecular weight excluding hydrogens is 306 g/mol. The van der Waals surface area contributed by atoms with Gasteiger partial charge in [-0.25, -0.2) is 13.1 Å². The first-order valence-corrected chi connectivity index (χ1v) is 9.98. The van der Waals surface area contributed by atoms with E-state index in [4.69, 9.17) is 0 Å². The molecule has 1 aromatic heterocycles. The van der Waals surface area contributed by atoms with E-state index in [1.807, 2.05) is 11.8 Å². The predicted molar refractivity (Wildman–Crippen MR) is 85.9 cm³/mol. The molecule has 0 radical (unpaired) electrons. The maximum atomic E-state index is 12.3. The van der Waals surface area contributed by atoms with Crippen LogP contribution in [0.1, 0.15) is 38.3 Å². The van der Waals surface area contributed by atoms with Gasteiger partial charge in [-0.15, -0.1) is 0 Å². The SMILES string of the molecule is CC1(CNS(=O)(=O)c2c[nH]c(CNC3CC3)c2)CCCS1. The number of aromatic amines is 1. The van der Waals surface area contributed by atoms with Crippen LogP contribution in [0.25, 0.3) is 0 Å². The molecule has 0 aromatic carbocycles. The molecule has 5 nitrogen and oxygen atoms in total. The molecule has 2 heterocycles. The van der Waals surface area contributed by atoms with Crippen molar-refractivity contribution in [1.82, 2.24) is 15.0 Å². The third kappa shape index (κ3) is 4.03. The van der Waals surface area contributed by atoms with E-state index in [0.29, 0.717) is 24.0 Å². The Morgan fingerprint density at radius 1 is 1.48 bits per heavy atom. The molecule has 118 valence electrons. The van der Waals surface area contributed by atoms with Crippen molar-refractivity contribution >= 4 is 21.8 Å². The van der Waals surface area contributed by atoms with Crippen molar-refractivity contribution in [2.24, 2.45) is 0 Å². The molecule has 0 amide bonds. The van der Waals surface area contributed by atoms with E-state index in [1.54, 1.807) is 12.3 Å². The smallest absolute Gasteiger partial charge is 0.242 e. The molecule has 3 rings (SSSR count). The minimum absolute atomic E-state index is 0.0414. The van der Waals surface area contributed by atoms with Gasteiger partial charge in [0.1, 0.15) is 0 Å². The molecule has 7 heteroatoms. The van der Waals surface area contributed by atoms with Crippen molar-refractivity contribution in [1.29, 1.82) is 0 Å². The Morgan fingerprint density at radius 2 is 2.29 bits per heavy atom. The normalized spacial score (nSPS) is 26.3. The predicted octanol–water partition coefficient (Wildman–Crippen LogP) is 1.83. The van der Waals surface area contributed by atoms with Gasteiger partial charge in [-0.05, 0) is 44.4 Å². The van der Waals surface area contributed by atoms with Gasteiger partial charge in [0.25, 0.3) is 0 Å². The molecule has 1 aliphatic heterocycles. The van der Waals surface area contributed by atoms with Crippen LogP contribution in [0.5, 0.6) is 0 Å². The average molecular weight is 329 g/mol. The van der Waals surface area contributed by atoms with Gasteiger partial charge >= 0.3 is 0 Å². The van der Waals surface area contributed by atoms with Crippen LogP contribution in [0.2, 0.25) is 0 Å². The van der Waals surface area contributed by atoms with Crippen LogP contribution >= 0.6 is 11.8 Å². The lowest BCUT2D eigenvalue weighted by molar-refractivity contribution is 0.552. The van der Waals surface area contributed by atoms with Crippen molar-refractivity contribution in [3.8, 4) is 0 Å². The van der Waals surface area contributed by atoms with E-state index in [0.717, 1.165) is 17.9 Å². The van der Waals surface area contributed by atoms with E-state index in [9.17, 15) is 8.42 Å². The minimum atomic E-state index is -3.41. The first kappa shape index (κ1) is 15.4. The number of hydrogen-bond acceptors (Lipinski definition) is 4. The summed E-state index contributed by atoms with van der Waals surface area (Å²) in [6.45, 7) is 3.34. The Balaban J connectivity index is 1.58. The first-order chi connectivity index (χ1) is 9.97. The number of rotatable bonds is 7. The Labute approximate surface area is 130 Å². The lowest BCUT2D eigenvalue weighted by atomic mass is 10.1. The van der Waals surface area contributed by atoms with Crippen LogP contribution in [0.4, 0.5) is 0 Å². The maximum absolute atomic E-state index is 12.3.